The molecule has 0 saturated carbocycles. The number of hydrogen-bond donors (Lipinski definition) is 0. The van der Waals surface area contributed by atoms with Crippen molar-refractivity contribution in [2.24, 2.45) is 0 Å². The Bertz CT molecular complexity index is 897. The fourth-order valence-electron chi connectivity index (χ4n) is 3.95. The van der Waals surface area contributed by atoms with Crippen molar-refractivity contribution in [3.05, 3.63) is 40.1 Å². The summed E-state index contributed by atoms with van der Waals surface area (Å²) in [6.45, 7) is 4.73. The Kier molecular flexibility index (Phi) is 9.13. The summed E-state index contributed by atoms with van der Waals surface area (Å²) in [5.41, 5.74) is 0. The van der Waals surface area contributed by atoms with Gasteiger partial charge in [0.1, 0.15) is 29.8 Å². The molecule has 2 heterocycles. The first-order valence-corrected chi connectivity index (χ1v) is 14.7. The first-order chi connectivity index (χ1) is 15.7. The van der Waals surface area contributed by atoms with Gasteiger partial charge in [-0.2, -0.15) is 0 Å². The molecule has 7 nitrogen and oxygen atoms in total. The van der Waals surface area contributed by atoms with Crippen molar-refractivity contribution in [1.29, 1.82) is 0 Å². The van der Waals surface area contributed by atoms with Crippen molar-refractivity contribution in [3.8, 4) is 11.5 Å². The molecule has 0 radical (unpaired) electrons. The molecule has 0 aliphatic carbocycles. The lowest BCUT2D eigenvalue weighted by molar-refractivity contribution is -0.203. The highest BCUT2D eigenvalue weighted by Crippen LogP contribution is 2.37. The molecule has 1 aromatic heterocycles. The maximum absolute atomic E-state index is 6.34. The minimum atomic E-state index is -2.12. The van der Waals surface area contributed by atoms with Crippen LogP contribution >= 0.6 is 23.2 Å². The van der Waals surface area contributed by atoms with Crippen molar-refractivity contribution in [2.75, 3.05) is 41.3 Å². The second kappa shape index (κ2) is 11.4. The molecule has 0 spiro atoms. The number of ether oxygens (including phenoxy) is 6. The van der Waals surface area contributed by atoms with Crippen LogP contribution in [0.2, 0.25) is 23.1 Å². The van der Waals surface area contributed by atoms with Crippen LogP contribution in [0.25, 0.3) is 0 Å². The molecule has 1 saturated heterocycles. The predicted molar refractivity (Wildman–Crippen MR) is 130 cm³/mol. The third kappa shape index (κ3) is 6.06. The topological polar surface area (TPSA) is 68.5 Å². The van der Waals surface area contributed by atoms with Gasteiger partial charge in [-0.15, -0.1) is 0 Å². The fourth-order valence-corrected chi connectivity index (χ4v) is 6.10. The van der Waals surface area contributed by atoms with Crippen LogP contribution in [0.1, 0.15) is 18.3 Å². The summed E-state index contributed by atoms with van der Waals surface area (Å²) in [4.78, 5) is 0. The molecule has 1 fully saturated rings. The third-order valence-electron chi connectivity index (χ3n) is 5.82. The van der Waals surface area contributed by atoms with Crippen LogP contribution in [0.15, 0.2) is 28.7 Å². The van der Waals surface area contributed by atoms with E-state index in [1.54, 1.807) is 40.6 Å². The number of furan rings is 1. The van der Waals surface area contributed by atoms with E-state index in [1.807, 2.05) is 12.1 Å². The first kappa shape index (κ1) is 26.3. The third-order valence-corrected chi connectivity index (χ3v) is 8.85. The second-order valence-corrected chi connectivity index (χ2v) is 14.0. The SMILES string of the molecule is COC[C@H]1O[C@@H](c2ccc([Si](C)(C)COc3c(Cl)cc(OC)cc3Cl)o2)C[C@@H](OC)[C@@H]1OC. The molecule has 1 aromatic carbocycles. The zero-order chi connectivity index (χ0) is 24.2. The van der Waals surface area contributed by atoms with Crippen LogP contribution in [0.4, 0.5) is 0 Å². The van der Waals surface area contributed by atoms with E-state index in [0.29, 0.717) is 40.8 Å². The van der Waals surface area contributed by atoms with Crippen molar-refractivity contribution in [3.63, 3.8) is 0 Å². The van der Waals surface area contributed by atoms with Gasteiger partial charge in [-0.3, -0.25) is 0 Å². The molecule has 1 aliphatic heterocycles. The quantitative estimate of drug-likeness (QED) is 0.424. The normalized spacial score (nSPS) is 23.5. The Morgan fingerprint density at radius 2 is 1.73 bits per heavy atom. The molecule has 0 N–H and O–H groups in total. The monoisotopic (exact) mass is 518 g/mol. The van der Waals surface area contributed by atoms with Gasteiger partial charge in [-0.05, 0) is 12.1 Å². The van der Waals surface area contributed by atoms with E-state index < -0.39 is 8.07 Å². The predicted octanol–water partition coefficient (Wildman–Crippen LogP) is 4.64. The van der Waals surface area contributed by atoms with Gasteiger partial charge < -0.3 is 32.8 Å². The first-order valence-electron chi connectivity index (χ1n) is 10.7. The van der Waals surface area contributed by atoms with Crippen LogP contribution < -0.4 is 14.9 Å². The Morgan fingerprint density at radius 1 is 1.03 bits per heavy atom. The summed E-state index contributed by atoms with van der Waals surface area (Å²) >= 11 is 12.7. The Balaban J connectivity index is 1.73. The van der Waals surface area contributed by atoms with Gasteiger partial charge >= 0.3 is 0 Å². The summed E-state index contributed by atoms with van der Waals surface area (Å²) in [7, 11) is 4.41. The number of halogens is 2. The zero-order valence-corrected chi connectivity index (χ0v) is 22.4. The Morgan fingerprint density at radius 3 is 2.30 bits per heavy atom. The van der Waals surface area contributed by atoms with Crippen molar-refractivity contribution in [2.45, 2.75) is 43.9 Å². The lowest BCUT2D eigenvalue weighted by atomic mass is 9.96. The molecule has 0 bridgehead atoms. The Labute approximate surface area is 206 Å². The average molecular weight is 519 g/mol. The second-order valence-electron chi connectivity index (χ2n) is 8.62. The van der Waals surface area contributed by atoms with E-state index >= 15 is 0 Å². The Hall–Kier alpha value is -1.26. The lowest BCUT2D eigenvalue weighted by Gasteiger charge is -2.39. The van der Waals surface area contributed by atoms with Crippen LogP contribution in [0, 0.1) is 0 Å². The molecular formula is C23H32Cl2O7Si. The highest BCUT2D eigenvalue weighted by molar-refractivity contribution is 6.88. The summed E-state index contributed by atoms with van der Waals surface area (Å²) < 4.78 is 40.4. The summed E-state index contributed by atoms with van der Waals surface area (Å²) in [5, 5.41) is 1.71. The molecule has 0 unspecified atom stereocenters. The molecular weight excluding hydrogens is 487 g/mol. The van der Waals surface area contributed by atoms with Gasteiger partial charge in [0.05, 0.1) is 41.5 Å². The van der Waals surface area contributed by atoms with Crippen LogP contribution in [0.3, 0.4) is 0 Å². The van der Waals surface area contributed by atoms with E-state index in [0.717, 1.165) is 11.1 Å². The van der Waals surface area contributed by atoms with E-state index in [1.165, 1.54) is 0 Å². The van der Waals surface area contributed by atoms with Gasteiger partial charge in [-0.25, -0.2) is 0 Å². The van der Waals surface area contributed by atoms with Crippen molar-refractivity contribution < 1.29 is 32.8 Å². The lowest BCUT2D eigenvalue weighted by Crippen LogP contribution is -2.49. The summed E-state index contributed by atoms with van der Waals surface area (Å²) in [6.07, 6.45) is 0.208. The standard InChI is InChI=1S/C23H32Cl2O7Si/c1-26-12-20-23(29-4)19(28-3)11-18(31-20)17-7-8-21(32-17)33(5,6)13-30-22-15(24)9-14(27-2)10-16(22)25/h7-10,18-20,23H,11-13H2,1-6H3/t18-,19-,20-,23+/m1/s1. The molecule has 184 valence electrons. The smallest absolute Gasteiger partial charge is 0.168 e. The van der Waals surface area contributed by atoms with Crippen molar-refractivity contribution >= 4 is 36.7 Å². The van der Waals surface area contributed by atoms with Gasteiger partial charge in [0.25, 0.3) is 0 Å². The molecule has 0 amide bonds. The fraction of sp³-hybridized carbons (Fsp3) is 0.565. The largest absolute Gasteiger partial charge is 0.497 e. The molecule has 2 aromatic rings. The maximum Gasteiger partial charge on any atom is 0.168 e. The molecule has 33 heavy (non-hydrogen) atoms. The van der Waals surface area contributed by atoms with E-state index in [-0.39, 0.29) is 24.4 Å². The van der Waals surface area contributed by atoms with Crippen LogP contribution in [-0.4, -0.2) is 67.7 Å². The zero-order valence-electron chi connectivity index (χ0n) is 19.9. The van der Waals surface area contributed by atoms with Crippen LogP contribution in [-0.2, 0) is 18.9 Å². The summed E-state index contributed by atoms with van der Waals surface area (Å²) in [6, 6.07) is 7.32. The molecule has 4 atom stereocenters. The van der Waals surface area contributed by atoms with E-state index in [2.05, 4.69) is 13.1 Å². The van der Waals surface area contributed by atoms with Gasteiger partial charge in [0.15, 0.2) is 13.8 Å². The molecule has 1 aliphatic rings. The van der Waals surface area contributed by atoms with Crippen molar-refractivity contribution in [1.82, 2.24) is 0 Å². The maximum atomic E-state index is 6.34. The van der Waals surface area contributed by atoms with Gasteiger partial charge in [0, 0.05) is 39.9 Å². The minimum absolute atomic E-state index is 0.129. The van der Waals surface area contributed by atoms with Gasteiger partial charge in [-0.1, -0.05) is 36.3 Å². The number of methoxy groups -OCH3 is 4. The summed E-state index contributed by atoms with van der Waals surface area (Å²) in [5.74, 6) is 1.77. The number of benzene rings is 1. The average Bonchev–Trinajstić information content (AvgIpc) is 3.29. The van der Waals surface area contributed by atoms with E-state index in [4.69, 9.17) is 56.0 Å². The van der Waals surface area contributed by atoms with E-state index in [9.17, 15) is 0 Å². The van der Waals surface area contributed by atoms with Gasteiger partial charge in [0.2, 0.25) is 0 Å². The minimum Gasteiger partial charge on any atom is -0.497 e. The van der Waals surface area contributed by atoms with Crippen LogP contribution in [0.5, 0.6) is 11.5 Å². The number of hydrogen-bond acceptors (Lipinski definition) is 7. The number of rotatable bonds is 10. The highest BCUT2D eigenvalue weighted by Gasteiger charge is 2.41. The highest BCUT2D eigenvalue weighted by atomic mass is 35.5. The molecule has 10 heteroatoms. The molecule has 3 rings (SSSR count).